The molecule has 1 aliphatic heterocycles. The molecule has 0 saturated carbocycles. The first kappa shape index (κ1) is 23.7. The van der Waals surface area contributed by atoms with E-state index in [1.807, 2.05) is 105 Å². The molecule has 0 bridgehead atoms. The summed E-state index contributed by atoms with van der Waals surface area (Å²) in [6.45, 7) is 3.65. The molecule has 3 N–H and O–H groups in total. The van der Waals surface area contributed by atoms with Crippen molar-refractivity contribution in [2.24, 2.45) is 0 Å². The Hall–Kier alpha value is -4.98. The number of anilines is 2. The largest absolute Gasteiger partial charge is 0.362 e. The van der Waals surface area contributed by atoms with E-state index >= 15 is 0 Å². The van der Waals surface area contributed by atoms with Gasteiger partial charge < -0.3 is 16.0 Å². The molecule has 184 valence electrons. The Kier molecular flexibility index (Phi) is 6.63. The average molecular weight is 491 g/mol. The number of hydrogen-bond acceptors (Lipinski definition) is 5. The SMILES string of the molecule is CC1=C(C(=O)Nc2ccccc2)C(c2cn(-c3ccccc3)nn2)C(C(=O)Nc2ccccc2)=C(C)N1. The predicted molar refractivity (Wildman–Crippen MR) is 143 cm³/mol. The van der Waals surface area contributed by atoms with Gasteiger partial charge in [0.1, 0.15) is 0 Å². The minimum atomic E-state index is -0.744. The fourth-order valence-corrected chi connectivity index (χ4v) is 4.45. The Morgan fingerprint density at radius 2 is 1.19 bits per heavy atom. The number of para-hydroxylation sites is 3. The molecule has 0 unspecified atom stereocenters. The minimum Gasteiger partial charge on any atom is -0.362 e. The third-order valence-corrected chi connectivity index (χ3v) is 6.14. The van der Waals surface area contributed by atoms with E-state index in [4.69, 9.17) is 0 Å². The number of amides is 2. The zero-order chi connectivity index (χ0) is 25.8. The molecule has 0 atom stereocenters. The summed E-state index contributed by atoms with van der Waals surface area (Å²) in [5.41, 5.74) is 4.69. The predicted octanol–water partition coefficient (Wildman–Crippen LogP) is 4.78. The molecule has 8 nitrogen and oxygen atoms in total. The second-order valence-electron chi connectivity index (χ2n) is 8.70. The van der Waals surface area contributed by atoms with E-state index in [1.165, 1.54) is 0 Å². The second-order valence-corrected chi connectivity index (χ2v) is 8.70. The molecule has 0 spiro atoms. The van der Waals surface area contributed by atoms with Gasteiger partial charge in [0.05, 0.1) is 34.6 Å². The lowest BCUT2D eigenvalue weighted by atomic mass is 9.82. The number of nitrogens with one attached hydrogen (secondary N) is 3. The fourth-order valence-electron chi connectivity index (χ4n) is 4.45. The third kappa shape index (κ3) is 5.04. The first-order valence-corrected chi connectivity index (χ1v) is 11.9. The molecule has 2 heterocycles. The van der Waals surface area contributed by atoms with Gasteiger partial charge in [0.2, 0.25) is 0 Å². The summed E-state index contributed by atoms with van der Waals surface area (Å²) in [5.74, 6) is -1.40. The smallest absolute Gasteiger partial charge is 0.254 e. The van der Waals surface area contributed by atoms with Gasteiger partial charge in [-0.1, -0.05) is 59.8 Å². The van der Waals surface area contributed by atoms with Crippen molar-refractivity contribution in [3.8, 4) is 5.69 Å². The van der Waals surface area contributed by atoms with Crippen LogP contribution in [0.4, 0.5) is 11.4 Å². The number of carbonyl (C=O) groups is 2. The number of dihydropyridines is 1. The van der Waals surface area contributed by atoms with Gasteiger partial charge in [0, 0.05) is 22.8 Å². The summed E-state index contributed by atoms with van der Waals surface area (Å²) < 4.78 is 1.64. The van der Waals surface area contributed by atoms with E-state index in [9.17, 15) is 9.59 Å². The van der Waals surface area contributed by atoms with Crippen LogP contribution in [-0.4, -0.2) is 26.8 Å². The van der Waals surface area contributed by atoms with E-state index in [1.54, 1.807) is 10.9 Å². The molecule has 1 aliphatic rings. The van der Waals surface area contributed by atoms with Gasteiger partial charge in [-0.15, -0.1) is 5.10 Å². The van der Waals surface area contributed by atoms with Crippen molar-refractivity contribution in [3.63, 3.8) is 0 Å². The molecular formula is C29H26N6O2. The van der Waals surface area contributed by atoms with Gasteiger partial charge in [-0.05, 0) is 50.2 Å². The van der Waals surface area contributed by atoms with Crippen LogP contribution in [0.3, 0.4) is 0 Å². The van der Waals surface area contributed by atoms with Crippen molar-refractivity contribution in [1.29, 1.82) is 0 Å². The van der Waals surface area contributed by atoms with Gasteiger partial charge in [0.25, 0.3) is 11.8 Å². The van der Waals surface area contributed by atoms with Crippen molar-refractivity contribution in [1.82, 2.24) is 20.3 Å². The minimum absolute atomic E-state index is 0.326. The number of rotatable bonds is 6. The molecule has 0 saturated heterocycles. The van der Waals surface area contributed by atoms with Gasteiger partial charge >= 0.3 is 0 Å². The van der Waals surface area contributed by atoms with Crippen LogP contribution < -0.4 is 16.0 Å². The van der Waals surface area contributed by atoms with Crippen LogP contribution in [0, 0.1) is 0 Å². The molecule has 0 radical (unpaired) electrons. The van der Waals surface area contributed by atoms with Gasteiger partial charge in [-0.3, -0.25) is 9.59 Å². The Balaban J connectivity index is 1.57. The summed E-state index contributed by atoms with van der Waals surface area (Å²) >= 11 is 0. The Labute approximate surface area is 214 Å². The first-order valence-electron chi connectivity index (χ1n) is 11.9. The topological polar surface area (TPSA) is 101 Å². The molecule has 2 amide bonds. The molecule has 4 aromatic rings. The van der Waals surface area contributed by atoms with Crippen molar-refractivity contribution >= 4 is 23.2 Å². The highest BCUT2D eigenvalue weighted by Crippen LogP contribution is 2.38. The third-order valence-electron chi connectivity index (χ3n) is 6.14. The summed E-state index contributed by atoms with van der Waals surface area (Å²) in [4.78, 5) is 27.3. The van der Waals surface area contributed by atoms with E-state index in [0.717, 1.165) is 5.69 Å². The normalized spacial score (nSPS) is 13.8. The van der Waals surface area contributed by atoms with Crippen LogP contribution in [0.1, 0.15) is 25.5 Å². The molecule has 37 heavy (non-hydrogen) atoms. The summed E-state index contributed by atoms with van der Waals surface area (Å²) in [7, 11) is 0. The van der Waals surface area contributed by atoms with Gasteiger partial charge in [0.15, 0.2) is 0 Å². The number of hydrogen-bond donors (Lipinski definition) is 3. The first-order chi connectivity index (χ1) is 18.0. The zero-order valence-electron chi connectivity index (χ0n) is 20.5. The fraction of sp³-hybridized carbons (Fsp3) is 0.103. The van der Waals surface area contributed by atoms with Crippen LogP contribution in [0.5, 0.6) is 0 Å². The van der Waals surface area contributed by atoms with Crippen molar-refractivity contribution in [3.05, 3.63) is 125 Å². The van der Waals surface area contributed by atoms with Crippen LogP contribution in [0.2, 0.25) is 0 Å². The second kappa shape index (κ2) is 10.3. The van der Waals surface area contributed by atoms with E-state index < -0.39 is 5.92 Å². The lowest BCUT2D eigenvalue weighted by molar-refractivity contribution is -0.113. The maximum absolute atomic E-state index is 13.7. The van der Waals surface area contributed by atoms with Crippen LogP contribution in [-0.2, 0) is 9.59 Å². The molecule has 5 rings (SSSR count). The molecule has 0 fully saturated rings. The van der Waals surface area contributed by atoms with Crippen molar-refractivity contribution in [2.75, 3.05) is 10.6 Å². The van der Waals surface area contributed by atoms with Gasteiger partial charge in [-0.25, -0.2) is 4.68 Å². The maximum Gasteiger partial charge on any atom is 0.254 e. The van der Waals surface area contributed by atoms with Crippen LogP contribution in [0.25, 0.3) is 5.69 Å². The number of benzene rings is 3. The highest BCUT2D eigenvalue weighted by molar-refractivity contribution is 6.11. The Bertz CT molecular complexity index is 1420. The van der Waals surface area contributed by atoms with E-state index in [0.29, 0.717) is 39.6 Å². The molecule has 8 heteroatoms. The van der Waals surface area contributed by atoms with Crippen molar-refractivity contribution < 1.29 is 9.59 Å². The highest BCUT2D eigenvalue weighted by atomic mass is 16.2. The molecule has 0 aliphatic carbocycles. The number of aromatic nitrogens is 3. The van der Waals surface area contributed by atoms with Crippen LogP contribution >= 0.6 is 0 Å². The Morgan fingerprint density at radius 3 is 1.68 bits per heavy atom. The molecule has 3 aromatic carbocycles. The Morgan fingerprint density at radius 1 is 0.730 bits per heavy atom. The average Bonchev–Trinajstić information content (AvgIpc) is 3.40. The summed E-state index contributed by atoms with van der Waals surface area (Å²) in [6, 6.07) is 28.0. The summed E-state index contributed by atoms with van der Waals surface area (Å²) in [5, 5.41) is 17.9. The lowest BCUT2D eigenvalue weighted by Crippen LogP contribution is -2.35. The van der Waals surface area contributed by atoms with Gasteiger partial charge in [-0.2, -0.15) is 0 Å². The monoisotopic (exact) mass is 490 g/mol. The lowest BCUT2D eigenvalue weighted by Gasteiger charge is -2.30. The van der Waals surface area contributed by atoms with Crippen LogP contribution in [0.15, 0.2) is 120 Å². The quantitative estimate of drug-likeness (QED) is 0.361. The number of allylic oxidation sites excluding steroid dienone is 2. The van der Waals surface area contributed by atoms with E-state index in [2.05, 4.69) is 26.3 Å². The number of nitrogens with zero attached hydrogens (tertiary/aromatic N) is 3. The molecular weight excluding hydrogens is 464 g/mol. The standard InChI is InChI=1S/C29H26N6O2/c1-19-25(28(36)31-21-12-6-3-7-13-21)27(24-18-35(34-33-24)23-16-10-5-11-17-23)26(20(2)30-19)29(37)32-22-14-8-4-9-15-22/h3-18,27,30H,1-2H3,(H,31,36)(H,32,37). The number of carbonyl (C=O) groups excluding carboxylic acids is 2. The highest BCUT2D eigenvalue weighted by Gasteiger charge is 2.38. The summed E-state index contributed by atoms with van der Waals surface area (Å²) in [6.07, 6.45) is 1.76. The van der Waals surface area contributed by atoms with Crippen molar-refractivity contribution in [2.45, 2.75) is 19.8 Å². The maximum atomic E-state index is 13.7. The molecule has 1 aromatic heterocycles. The van der Waals surface area contributed by atoms with E-state index in [-0.39, 0.29) is 11.8 Å². The zero-order valence-corrected chi connectivity index (χ0v) is 20.5.